The van der Waals surface area contributed by atoms with Crippen molar-refractivity contribution in [3.8, 4) is 0 Å². The van der Waals surface area contributed by atoms with Gasteiger partial charge in [-0.3, -0.25) is 0 Å². The molecule has 2 nitrogen and oxygen atoms in total. The van der Waals surface area contributed by atoms with Gasteiger partial charge in [-0.25, -0.2) is 0 Å². The van der Waals surface area contributed by atoms with Crippen LogP contribution in [-0.2, 0) is 4.74 Å². The molecule has 1 N–H and O–H groups in total. The van der Waals surface area contributed by atoms with Gasteiger partial charge in [0, 0.05) is 6.61 Å². The fraction of sp³-hybridized carbons (Fsp3) is 1.00. The third-order valence-electron chi connectivity index (χ3n) is 3.18. The SMILES string of the molecule is CCC(O)COCCC1CCCCC1. The maximum atomic E-state index is 9.27. The fourth-order valence-electron chi connectivity index (χ4n) is 2.06. The molecule has 1 saturated carbocycles. The minimum absolute atomic E-state index is 0.263. The Morgan fingerprint density at radius 3 is 2.64 bits per heavy atom. The molecule has 0 saturated heterocycles. The van der Waals surface area contributed by atoms with Crippen LogP contribution in [0.4, 0.5) is 0 Å². The van der Waals surface area contributed by atoms with Gasteiger partial charge >= 0.3 is 0 Å². The van der Waals surface area contributed by atoms with E-state index in [1.54, 1.807) is 0 Å². The molecule has 0 aromatic carbocycles. The van der Waals surface area contributed by atoms with Crippen molar-refractivity contribution in [3.63, 3.8) is 0 Å². The van der Waals surface area contributed by atoms with Crippen molar-refractivity contribution in [2.24, 2.45) is 5.92 Å². The van der Waals surface area contributed by atoms with E-state index in [1.165, 1.54) is 38.5 Å². The lowest BCUT2D eigenvalue weighted by Crippen LogP contribution is -2.16. The van der Waals surface area contributed by atoms with E-state index in [0.29, 0.717) is 6.61 Å². The average molecular weight is 200 g/mol. The summed E-state index contributed by atoms with van der Waals surface area (Å²) < 4.78 is 5.44. The first-order valence-electron chi connectivity index (χ1n) is 6.08. The van der Waals surface area contributed by atoms with Crippen molar-refractivity contribution < 1.29 is 9.84 Å². The van der Waals surface area contributed by atoms with E-state index in [0.717, 1.165) is 18.9 Å². The van der Waals surface area contributed by atoms with Crippen LogP contribution in [0.5, 0.6) is 0 Å². The Labute approximate surface area is 87.7 Å². The molecule has 0 spiro atoms. The van der Waals surface area contributed by atoms with Gasteiger partial charge in [-0.05, 0) is 18.8 Å². The zero-order valence-corrected chi connectivity index (χ0v) is 9.37. The maximum absolute atomic E-state index is 9.27. The van der Waals surface area contributed by atoms with Crippen molar-refractivity contribution in [1.29, 1.82) is 0 Å². The van der Waals surface area contributed by atoms with Crippen LogP contribution in [0.15, 0.2) is 0 Å². The molecule has 0 heterocycles. The number of hydrogen-bond donors (Lipinski definition) is 1. The van der Waals surface area contributed by atoms with Crippen LogP contribution in [-0.4, -0.2) is 24.4 Å². The number of hydrogen-bond acceptors (Lipinski definition) is 2. The first-order valence-corrected chi connectivity index (χ1v) is 6.08. The summed E-state index contributed by atoms with van der Waals surface area (Å²) in [5.41, 5.74) is 0. The summed E-state index contributed by atoms with van der Waals surface area (Å²) in [5.74, 6) is 0.891. The van der Waals surface area contributed by atoms with Crippen LogP contribution >= 0.6 is 0 Å². The van der Waals surface area contributed by atoms with Crippen LogP contribution in [0.1, 0.15) is 51.9 Å². The molecule has 1 rings (SSSR count). The molecule has 0 bridgehead atoms. The monoisotopic (exact) mass is 200 g/mol. The highest BCUT2D eigenvalue weighted by atomic mass is 16.5. The topological polar surface area (TPSA) is 29.5 Å². The smallest absolute Gasteiger partial charge is 0.0771 e. The van der Waals surface area contributed by atoms with Crippen molar-refractivity contribution in [2.75, 3.05) is 13.2 Å². The van der Waals surface area contributed by atoms with Gasteiger partial charge in [-0.1, -0.05) is 39.0 Å². The molecular weight excluding hydrogens is 176 g/mol. The third-order valence-corrected chi connectivity index (χ3v) is 3.18. The zero-order valence-electron chi connectivity index (χ0n) is 9.37. The Kier molecular flexibility index (Phi) is 6.20. The highest BCUT2D eigenvalue weighted by Crippen LogP contribution is 2.25. The molecule has 2 heteroatoms. The van der Waals surface area contributed by atoms with Crippen LogP contribution in [0.25, 0.3) is 0 Å². The molecule has 84 valence electrons. The molecule has 0 aromatic rings. The van der Waals surface area contributed by atoms with Crippen molar-refractivity contribution >= 4 is 0 Å². The molecule has 0 aromatic heterocycles. The Hall–Kier alpha value is -0.0800. The normalized spacial score (nSPS) is 21.0. The molecule has 1 fully saturated rings. The predicted molar refractivity (Wildman–Crippen MR) is 58.3 cm³/mol. The lowest BCUT2D eigenvalue weighted by atomic mass is 9.87. The molecule has 0 aliphatic heterocycles. The number of rotatable bonds is 6. The lowest BCUT2D eigenvalue weighted by Gasteiger charge is -2.21. The van der Waals surface area contributed by atoms with Gasteiger partial charge in [0.2, 0.25) is 0 Å². The summed E-state index contributed by atoms with van der Waals surface area (Å²) in [5, 5.41) is 9.27. The van der Waals surface area contributed by atoms with Crippen molar-refractivity contribution in [1.82, 2.24) is 0 Å². The van der Waals surface area contributed by atoms with Gasteiger partial charge in [-0.15, -0.1) is 0 Å². The summed E-state index contributed by atoms with van der Waals surface area (Å²) in [4.78, 5) is 0. The molecule has 1 aliphatic rings. The molecule has 1 atom stereocenters. The first-order chi connectivity index (χ1) is 6.83. The van der Waals surface area contributed by atoms with E-state index < -0.39 is 0 Å². The Morgan fingerprint density at radius 2 is 2.00 bits per heavy atom. The molecule has 0 amide bonds. The van der Waals surface area contributed by atoms with E-state index in [4.69, 9.17) is 4.74 Å². The summed E-state index contributed by atoms with van der Waals surface area (Å²) in [6, 6.07) is 0. The van der Waals surface area contributed by atoms with Gasteiger partial charge < -0.3 is 9.84 Å². The average Bonchev–Trinajstić information content (AvgIpc) is 2.25. The van der Waals surface area contributed by atoms with Crippen LogP contribution in [0, 0.1) is 5.92 Å². The largest absolute Gasteiger partial charge is 0.391 e. The van der Waals surface area contributed by atoms with Gasteiger partial charge in [0.1, 0.15) is 0 Å². The summed E-state index contributed by atoms with van der Waals surface area (Å²) in [6.07, 6.45) is 8.73. The summed E-state index contributed by atoms with van der Waals surface area (Å²) >= 11 is 0. The standard InChI is InChI=1S/C12H24O2/c1-2-12(13)10-14-9-8-11-6-4-3-5-7-11/h11-13H,2-10H2,1H3. The molecule has 0 radical (unpaired) electrons. The number of aliphatic hydroxyl groups excluding tert-OH is 1. The van der Waals surface area contributed by atoms with E-state index in [2.05, 4.69) is 0 Å². The molecular formula is C12H24O2. The fourth-order valence-corrected chi connectivity index (χ4v) is 2.06. The second-order valence-electron chi connectivity index (χ2n) is 4.43. The number of aliphatic hydroxyl groups is 1. The first kappa shape index (κ1) is 12.0. The molecule has 14 heavy (non-hydrogen) atoms. The van der Waals surface area contributed by atoms with Gasteiger partial charge in [0.05, 0.1) is 12.7 Å². The van der Waals surface area contributed by atoms with Gasteiger partial charge in [0.15, 0.2) is 0 Å². The second kappa shape index (κ2) is 7.24. The maximum Gasteiger partial charge on any atom is 0.0771 e. The second-order valence-corrected chi connectivity index (χ2v) is 4.43. The minimum Gasteiger partial charge on any atom is -0.391 e. The summed E-state index contributed by atoms with van der Waals surface area (Å²) in [7, 11) is 0. The Morgan fingerprint density at radius 1 is 1.29 bits per heavy atom. The van der Waals surface area contributed by atoms with Crippen molar-refractivity contribution in [2.45, 2.75) is 58.0 Å². The zero-order chi connectivity index (χ0) is 10.2. The van der Waals surface area contributed by atoms with E-state index in [1.807, 2.05) is 6.92 Å². The molecule has 1 aliphatic carbocycles. The third kappa shape index (κ3) is 4.97. The lowest BCUT2D eigenvalue weighted by molar-refractivity contribution is 0.0281. The van der Waals surface area contributed by atoms with E-state index >= 15 is 0 Å². The predicted octanol–water partition coefficient (Wildman–Crippen LogP) is 2.74. The van der Waals surface area contributed by atoms with Crippen LogP contribution in [0.2, 0.25) is 0 Å². The quantitative estimate of drug-likeness (QED) is 0.668. The van der Waals surface area contributed by atoms with Gasteiger partial charge in [-0.2, -0.15) is 0 Å². The minimum atomic E-state index is -0.263. The van der Waals surface area contributed by atoms with Crippen LogP contribution in [0.3, 0.4) is 0 Å². The molecule has 1 unspecified atom stereocenters. The van der Waals surface area contributed by atoms with Gasteiger partial charge in [0.25, 0.3) is 0 Å². The highest BCUT2D eigenvalue weighted by molar-refractivity contribution is 4.65. The highest BCUT2D eigenvalue weighted by Gasteiger charge is 2.12. The Balaban J connectivity index is 1.92. The number of ether oxygens (including phenoxy) is 1. The van der Waals surface area contributed by atoms with E-state index in [9.17, 15) is 5.11 Å². The summed E-state index contributed by atoms with van der Waals surface area (Å²) in [6.45, 7) is 3.33. The van der Waals surface area contributed by atoms with E-state index in [-0.39, 0.29) is 6.10 Å². The van der Waals surface area contributed by atoms with Crippen LogP contribution < -0.4 is 0 Å². The van der Waals surface area contributed by atoms with Crippen molar-refractivity contribution in [3.05, 3.63) is 0 Å². The Bertz CT molecular complexity index is 130.